The van der Waals surface area contributed by atoms with Crippen LogP contribution in [-0.4, -0.2) is 75.0 Å². The lowest BCUT2D eigenvalue weighted by Gasteiger charge is -2.65. The first kappa shape index (κ1) is 24.1. The molecule has 2 aromatic rings. The topological polar surface area (TPSA) is 65.8 Å². The van der Waals surface area contributed by atoms with Crippen LogP contribution in [0.3, 0.4) is 0 Å². The number of pyridine rings is 1. The summed E-state index contributed by atoms with van der Waals surface area (Å²) in [4.78, 5) is 6.04. The second-order valence-corrected chi connectivity index (χ2v) is 12.9. The summed E-state index contributed by atoms with van der Waals surface area (Å²) < 4.78 is 41.0. The SMILES string of the molecule is CN(C)C1CC23CCC4(O2)C2CC=C(c5ccc6cnccc6c5)C2(C)CCC4(F)CC3(F)C(O)C1O. The van der Waals surface area contributed by atoms with E-state index in [1.807, 2.05) is 31.3 Å². The zero-order chi connectivity index (χ0) is 26.0. The van der Waals surface area contributed by atoms with E-state index in [1.54, 1.807) is 6.20 Å². The molecule has 3 heterocycles. The van der Waals surface area contributed by atoms with Crippen LogP contribution in [0.4, 0.5) is 8.78 Å². The van der Waals surface area contributed by atoms with Gasteiger partial charge in [-0.05, 0) is 86.7 Å². The first-order valence-electron chi connectivity index (χ1n) is 13.6. The number of alkyl halides is 2. The molecule has 37 heavy (non-hydrogen) atoms. The van der Waals surface area contributed by atoms with Gasteiger partial charge in [-0.1, -0.05) is 25.1 Å². The molecule has 5 aliphatic rings. The Bertz CT molecular complexity index is 1320. The van der Waals surface area contributed by atoms with Crippen molar-refractivity contribution in [1.82, 2.24) is 9.88 Å². The lowest BCUT2D eigenvalue weighted by Crippen LogP contribution is -2.78. The van der Waals surface area contributed by atoms with E-state index in [0.717, 1.165) is 16.3 Å². The lowest BCUT2D eigenvalue weighted by atomic mass is 9.51. The number of benzene rings is 1. The van der Waals surface area contributed by atoms with Crippen LogP contribution >= 0.6 is 0 Å². The van der Waals surface area contributed by atoms with Gasteiger partial charge in [0.05, 0.1) is 6.10 Å². The van der Waals surface area contributed by atoms with Crippen molar-refractivity contribution in [2.45, 2.75) is 92.7 Å². The van der Waals surface area contributed by atoms with Crippen molar-refractivity contribution >= 4 is 16.3 Å². The molecule has 9 unspecified atom stereocenters. The van der Waals surface area contributed by atoms with E-state index in [4.69, 9.17) is 4.74 Å². The normalized spacial score (nSPS) is 48.5. The van der Waals surface area contributed by atoms with Crippen molar-refractivity contribution in [1.29, 1.82) is 0 Å². The second-order valence-electron chi connectivity index (χ2n) is 12.9. The predicted octanol–water partition coefficient (Wildman–Crippen LogP) is 4.60. The molecule has 5 nitrogen and oxygen atoms in total. The van der Waals surface area contributed by atoms with Crippen molar-refractivity contribution in [3.63, 3.8) is 0 Å². The molecule has 7 rings (SSSR count). The van der Waals surface area contributed by atoms with Gasteiger partial charge in [-0.3, -0.25) is 4.98 Å². The molecule has 198 valence electrons. The Labute approximate surface area is 216 Å². The van der Waals surface area contributed by atoms with Gasteiger partial charge in [0, 0.05) is 36.2 Å². The summed E-state index contributed by atoms with van der Waals surface area (Å²) in [5.41, 5.74) is -4.55. The number of allylic oxidation sites excluding steroid dienone is 2. The maximum absolute atomic E-state index is 17.2. The molecule has 2 aliphatic heterocycles. The average Bonchev–Trinajstić information content (AvgIpc) is 3.42. The molecule has 1 aromatic carbocycles. The fourth-order valence-corrected chi connectivity index (χ4v) is 9.22. The summed E-state index contributed by atoms with van der Waals surface area (Å²) in [6, 6.07) is 7.96. The van der Waals surface area contributed by atoms with Crippen molar-refractivity contribution in [3.8, 4) is 0 Å². The van der Waals surface area contributed by atoms with Crippen molar-refractivity contribution in [2.75, 3.05) is 14.1 Å². The predicted molar refractivity (Wildman–Crippen MR) is 137 cm³/mol. The molecule has 2 saturated heterocycles. The number of aliphatic hydroxyl groups is 2. The minimum absolute atomic E-state index is 0.118. The molecule has 9 atom stereocenters. The van der Waals surface area contributed by atoms with Crippen LogP contribution in [0, 0.1) is 11.3 Å². The van der Waals surface area contributed by atoms with Gasteiger partial charge in [0.1, 0.15) is 23.0 Å². The zero-order valence-corrected chi connectivity index (χ0v) is 21.8. The van der Waals surface area contributed by atoms with Crippen molar-refractivity contribution < 1.29 is 23.7 Å². The van der Waals surface area contributed by atoms with Crippen LogP contribution in [0.2, 0.25) is 0 Å². The summed E-state index contributed by atoms with van der Waals surface area (Å²) >= 11 is 0. The number of likely N-dealkylation sites (N-methyl/N-ethyl adjacent to an activating group) is 1. The first-order valence-corrected chi connectivity index (χ1v) is 13.6. The van der Waals surface area contributed by atoms with Gasteiger partial charge in [-0.15, -0.1) is 0 Å². The number of hydrogen-bond acceptors (Lipinski definition) is 5. The Balaban J connectivity index is 1.29. The number of ether oxygens (including phenoxy) is 1. The molecule has 2 N–H and O–H groups in total. The molecule has 1 aromatic heterocycles. The summed E-state index contributed by atoms with van der Waals surface area (Å²) in [6.45, 7) is 2.23. The molecule has 0 amide bonds. The molecule has 2 bridgehead atoms. The van der Waals surface area contributed by atoms with Gasteiger partial charge >= 0.3 is 0 Å². The quantitative estimate of drug-likeness (QED) is 0.618. The van der Waals surface area contributed by atoms with E-state index in [2.05, 4.69) is 36.2 Å². The highest BCUT2D eigenvalue weighted by molar-refractivity contribution is 5.87. The van der Waals surface area contributed by atoms with Crippen molar-refractivity contribution in [2.24, 2.45) is 11.3 Å². The van der Waals surface area contributed by atoms with E-state index in [-0.39, 0.29) is 24.2 Å². The van der Waals surface area contributed by atoms with Gasteiger partial charge in [0.15, 0.2) is 5.67 Å². The number of aromatic nitrogens is 1. The number of aliphatic hydroxyl groups excluding tert-OH is 2. The van der Waals surface area contributed by atoms with E-state index in [0.29, 0.717) is 25.7 Å². The third kappa shape index (κ3) is 2.79. The Hall–Kier alpha value is -1.93. The van der Waals surface area contributed by atoms with Gasteiger partial charge in [0.2, 0.25) is 0 Å². The molecule has 7 heteroatoms. The number of halogens is 2. The minimum atomic E-state index is -2.32. The first-order chi connectivity index (χ1) is 17.5. The fraction of sp³-hybridized carbons (Fsp3) is 0.633. The standard InChI is InChI=1S/C30H36F2N2O3/c1-26-9-10-27(31)17-29(32)25(36)24(35)22(34(2)3)15-28(29)11-12-30(27,37-28)23(26)7-6-21(26)19-4-5-20-16-33-13-8-18(20)14-19/h4-6,8,13-14,16,22-25,35-36H,7,9-12,15,17H2,1-3H3. The Morgan fingerprint density at radius 3 is 2.65 bits per heavy atom. The number of fused-ring (bicyclic) bond motifs is 2. The molecule has 0 radical (unpaired) electrons. The Morgan fingerprint density at radius 2 is 1.86 bits per heavy atom. The highest BCUT2D eigenvalue weighted by Gasteiger charge is 2.82. The third-order valence-corrected chi connectivity index (χ3v) is 11.2. The van der Waals surface area contributed by atoms with Gasteiger partial charge in [0.25, 0.3) is 0 Å². The molecule has 2 spiro atoms. The van der Waals surface area contributed by atoms with E-state index in [9.17, 15) is 10.2 Å². The van der Waals surface area contributed by atoms with E-state index in [1.165, 1.54) is 5.57 Å². The molecule has 4 fully saturated rings. The Kier molecular flexibility index (Phi) is 4.81. The highest BCUT2D eigenvalue weighted by atomic mass is 19.2. The van der Waals surface area contributed by atoms with Gasteiger partial charge in [-0.2, -0.15) is 0 Å². The van der Waals surface area contributed by atoms with Gasteiger partial charge < -0.3 is 19.8 Å². The largest absolute Gasteiger partial charge is 0.389 e. The number of hydrogen-bond donors (Lipinski definition) is 2. The zero-order valence-electron chi connectivity index (χ0n) is 21.8. The van der Waals surface area contributed by atoms with Crippen LogP contribution < -0.4 is 0 Å². The van der Waals surface area contributed by atoms with E-state index >= 15 is 8.78 Å². The second kappa shape index (κ2) is 7.38. The van der Waals surface area contributed by atoms with E-state index < -0.39 is 47.2 Å². The van der Waals surface area contributed by atoms with Crippen molar-refractivity contribution in [3.05, 3.63) is 48.3 Å². The molecular formula is C30H36F2N2O3. The monoisotopic (exact) mass is 510 g/mol. The van der Waals surface area contributed by atoms with Crippen LogP contribution in [0.15, 0.2) is 42.7 Å². The van der Waals surface area contributed by atoms with Gasteiger partial charge in [-0.25, -0.2) is 8.78 Å². The maximum atomic E-state index is 17.2. The smallest absolute Gasteiger partial charge is 0.171 e. The summed E-state index contributed by atoms with van der Waals surface area (Å²) in [7, 11) is 3.64. The third-order valence-electron chi connectivity index (χ3n) is 11.2. The lowest BCUT2D eigenvalue weighted by molar-refractivity contribution is -0.347. The highest BCUT2D eigenvalue weighted by Crippen LogP contribution is 2.74. The Morgan fingerprint density at radius 1 is 1.05 bits per heavy atom. The number of rotatable bonds is 2. The average molecular weight is 511 g/mol. The number of nitrogens with zero attached hydrogens (tertiary/aromatic N) is 2. The van der Waals surface area contributed by atoms with Crippen LogP contribution in [0.25, 0.3) is 16.3 Å². The summed E-state index contributed by atoms with van der Waals surface area (Å²) in [5, 5.41) is 24.1. The van der Waals surface area contributed by atoms with Crippen LogP contribution in [0.5, 0.6) is 0 Å². The summed E-state index contributed by atoms with van der Waals surface area (Å²) in [6.07, 6.45) is 5.00. The minimum Gasteiger partial charge on any atom is -0.389 e. The molecule has 2 saturated carbocycles. The van der Waals surface area contributed by atoms with Crippen LogP contribution in [-0.2, 0) is 4.74 Å². The maximum Gasteiger partial charge on any atom is 0.171 e. The fourth-order valence-electron chi connectivity index (χ4n) is 9.22. The molecular weight excluding hydrogens is 474 g/mol. The van der Waals surface area contributed by atoms with Crippen LogP contribution in [0.1, 0.15) is 57.4 Å². The molecule has 3 aliphatic carbocycles. The summed E-state index contributed by atoms with van der Waals surface area (Å²) in [5.74, 6) is -0.118.